The lowest BCUT2D eigenvalue weighted by Gasteiger charge is -2.16. The number of halogens is 1. The molecule has 31 heavy (non-hydrogen) atoms. The van der Waals surface area contributed by atoms with Crippen molar-refractivity contribution in [1.29, 1.82) is 0 Å². The number of aryl methyl sites for hydroxylation is 1. The van der Waals surface area contributed by atoms with Crippen LogP contribution in [-0.4, -0.2) is 34.4 Å². The van der Waals surface area contributed by atoms with Gasteiger partial charge in [-0.3, -0.25) is 14.3 Å². The molecule has 0 spiro atoms. The molecule has 3 atom stereocenters. The average molecular weight is 424 g/mol. The quantitative estimate of drug-likeness (QED) is 0.636. The predicted octanol–water partition coefficient (Wildman–Crippen LogP) is 2.99. The van der Waals surface area contributed by atoms with Gasteiger partial charge in [0.05, 0.1) is 5.56 Å². The fourth-order valence-electron chi connectivity index (χ4n) is 3.48. The SMILES string of the molecule is Cc1cn([C@H]2C[C@H](F)[C@@H](COC(=O)c3ccc(-c4ccccc4)cc3)O2)c(=O)[nH]c1=O. The number of hydrogen-bond donors (Lipinski definition) is 1. The molecule has 8 heteroatoms. The number of H-pyrrole nitrogens is 1. The Bertz CT molecular complexity index is 1190. The van der Waals surface area contributed by atoms with Gasteiger partial charge in [0, 0.05) is 18.2 Å². The van der Waals surface area contributed by atoms with E-state index in [2.05, 4.69) is 4.98 Å². The van der Waals surface area contributed by atoms with E-state index in [0.29, 0.717) is 11.1 Å². The lowest BCUT2D eigenvalue weighted by molar-refractivity contribution is -0.0440. The number of benzene rings is 2. The van der Waals surface area contributed by atoms with E-state index in [1.165, 1.54) is 6.20 Å². The number of carbonyl (C=O) groups is 1. The van der Waals surface area contributed by atoms with Crippen molar-refractivity contribution in [3.8, 4) is 11.1 Å². The van der Waals surface area contributed by atoms with E-state index >= 15 is 0 Å². The van der Waals surface area contributed by atoms with Crippen molar-refractivity contribution in [1.82, 2.24) is 9.55 Å². The third-order valence-electron chi connectivity index (χ3n) is 5.22. The number of ether oxygens (including phenoxy) is 2. The number of nitrogens with one attached hydrogen (secondary N) is 1. The molecule has 4 rings (SSSR count). The minimum Gasteiger partial charge on any atom is -0.459 e. The molecule has 7 nitrogen and oxygen atoms in total. The van der Waals surface area contributed by atoms with Crippen LogP contribution in [0.25, 0.3) is 11.1 Å². The standard InChI is InChI=1S/C23H21FN2O5/c1-14-12-26(23(29)25-21(14)27)20-11-18(24)19(31-20)13-30-22(28)17-9-7-16(8-10-17)15-5-3-2-4-6-15/h2-10,12,18-20H,11,13H2,1H3,(H,25,27,29)/t18-,19+,20+/m0/s1. The smallest absolute Gasteiger partial charge is 0.338 e. The molecule has 1 aromatic heterocycles. The van der Waals surface area contributed by atoms with Crippen LogP contribution in [0, 0.1) is 6.92 Å². The third kappa shape index (κ3) is 4.49. The zero-order valence-corrected chi connectivity index (χ0v) is 16.8. The molecular formula is C23H21FN2O5. The molecule has 1 N–H and O–H groups in total. The van der Waals surface area contributed by atoms with Gasteiger partial charge < -0.3 is 9.47 Å². The number of rotatable bonds is 5. The first-order chi connectivity index (χ1) is 14.9. The minimum atomic E-state index is -1.42. The second kappa shape index (κ2) is 8.69. The number of esters is 1. The summed E-state index contributed by atoms with van der Waals surface area (Å²) in [4.78, 5) is 38.0. The summed E-state index contributed by atoms with van der Waals surface area (Å²) in [6, 6.07) is 16.7. The molecule has 1 fully saturated rings. The Kier molecular flexibility index (Phi) is 5.81. The molecule has 0 saturated carbocycles. The van der Waals surface area contributed by atoms with Crippen LogP contribution in [0.15, 0.2) is 70.4 Å². The normalized spacial score (nSPS) is 20.5. The van der Waals surface area contributed by atoms with Gasteiger partial charge in [-0.05, 0) is 30.2 Å². The fourth-order valence-corrected chi connectivity index (χ4v) is 3.48. The van der Waals surface area contributed by atoms with Crippen LogP contribution in [0.2, 0.25) is 0 Å². The van der Waals surface area contributed by atoms with Crippen LogP contribution in [0.3, 0.4) is 0 Å². The van der Waals surface area contributed by atoms with Crippen molar-refractivity contribution >= 4 is 5.97 Å². The molecule has 0 aliphatic carbocycles. The first kappa shape index (κ1) is 20.7. The summed E-state index contributed by atoms with van der Waals surface area (Å²) in [5.41, 5.74) is 1.47. The molecule has 0 amide bonds. The predicted molar refractivity (Wildman–Crippen MR) is 112 cm³/mol. The Morgan fingerprint density at radius 3 is 2.52 bits per heavy atom. The lowest BCUT2D eigenvalue weighted by Crippen LogP contribution is -2.33. The van der Waals surface area contributed by atoms with E-state index in [9.17, 15) is 18.8 Å². The molecule has 0 bridgehead atoms. The van der Waals surface area contributed by atoms with Crippen LogP contribution < -0.4 is 11.2 Å². The van der Waals surface area contributed by atoms with E-state index < -0.39 is 35.7 Å². The molecule has 0 unspecified atom stereocenters. The Morgan fingerprint density at radius 1 is 1.13 bits per heavy atom. The van der Waals surface area contributed by atoms with Gasteiger partial charge in [-0.25, -0.2) is 14.0 Å². The van der Waals surface area contributed by atoms with Crippen LogP contribution in [0.1, 0.15) is 28.6 Å². The average Bonchev–Trinajstić information content (AvgIpc) is 3.15. The zero-order valence-electron chi connectivity index (χ0n) is 16.8. The van der Waals surface area contributed by atoms with Crippen molar-refractivity contribution in [2.75, 3.05) is 6.61 Å². The van der Waals surface area contributed by atoms with E-state index in [1.54, 1.807) is 19.1 Å². The maximum atomic E-state index is 14.4. The molecular weight excluding hydrogens is 403 g/mol. The van der Waals surface area contributed by atoms with Gasteiger partial charge >= 0.3 is 11.7 Å². The molecule has 160 valence electrons. The van der Waals surface area contributed by atoms with E-state index in [-0.39, 0.29) is 13.0 Å². The Hall–Kier alpha value is -3.52. The van der Waals surface area contributed by atoms with Gasteiger partial charge in [0.25, 0.3) is 5.56 Å². The summed E-state index contributed by atoms with van der Waals surface area (Å²) in [7, 11) is 0. The van der Waals surface area contributed by atoms with Gasteiger partial charge in [0.15, 0.2) is 0 Å². The van der Waals surface area contributed by atoms with E-state index in [1.807, 2.05) is 42.5 Å². The number of carbonyl (C=O) groups excluding carboxylic acids is 1. The fraction of sp³-hybridized carbons (Fsp3) is 0.261. The van der Waals surface area contributed by atoms with Crippen molar-refractivity contribution in [2.24, 2.45) is 0 Å². The van der Waals surface area contributed by atoms with Gasteiger partial charge in [-0.2, -0.15) is 0 Å². The summed E-state index contributed by atoms with van der Waals surface area (Å²) in [5.74, 6) is -0.587. The first-order valence-electron chi connectivity index (χ1n) is 9.86. The van der Waals surface area contributed by atoms with E-state index in [4.69, 9.17) is 9.47 Å². The van der Waals surface area contributed by atoms with Crippen LogP contribution in [0.5, 0.6) is 0 Å². The highest BCUT2D eigenvalue weighted by molar-refractivity contribution is 5.90. The minimum absolute atomic E-state index is 0.0839. The van der Waals surface area contributed by atoms with Crippen LogP contribution in [-0.2, 0) is 9.47 Å². The maximum Gasteiger partial charge on any atom is 0.338 e. The third-order valence-corrected chi connectivity index (χ3v) is 5.22. The molecule has 1 saturated heterocycles. The van der Waals surface area contributed by atoms with Gasteiger partial charge in [0.1, 0.15) is 25.1 Å². The van der Waals surface area contributed by atoms with Gasteiger partial charge in [-0.1, -0.05) is 42.5 Å². The topological polar surface area (TPSA) is 90.4 Å². The first-order valence-corrected chi connectivity index (χ1v) is 9.86. The zero-order chi connectivity index (χ0) is 22.0. The highest BCUT2D eigenvalue weighted by atomic mass is 19.1. The summed E-state index contributed by atoms with van der Waals surface area (Å²) >= 11 is 0. The van der Waals surface area contributed by atoms with E-state index in [0.717, 1.165) is 15.7 Å². The second-order valence-electron chi connectivity index (χ2n) is 7.40. The van der Waals surface area contributed by atoms with Gasteiger partial charge in [0.2, 0.25) is 0 Å². The molecule has 2 aromatic carbocycles. The summed E-state index contributed by atoms with van der Waals surface area (Å²) in [6.45, 7) is 1.26. The largest absolute Gasteiger partial charge is 0.459 e. The summed E-state index contributed by atoms with van der Waals surface area (Å²) in [6.07, 6.45) is -2.05. The molecule has 1 aliphatic rings. The number of nitrogens with zero attached hydrogens (tertiary/aromatic N) is 1. The summed E-state index contributed by atoms with van der Waals surface area (Å²) < 4.78 is 26.4. The Labute approximate surface area is 177 Å². The number of alkyl halides is 1. The van der Waals surface area contributed by atoms with Crippen LogP contribution in [0.4, 0.5) is 4.39 Å². The Balaban J connectivity index is 1.38. The summed E-state index contributed by atoms with van der Waals surface area (Å²) in [5, 5.41) is 0. The van der Waals surface area contributed by atoms with Crippen molar-refractivity contribution in [3.05, 3.63) is 92.8 Å². The van der Waals surface area contributed by atoms with Crippen molar-refractivity contribution < 1.29 is 18.7 Å². The molecule has 1 aliphatic heterocycles. The van der Waals surface area contributed by atoms with Crippen LogP contribution >= 0.6 is 0 Å². The monoisotopic (exact) mass is 424 g/mol. The molecule has 3 aromatic rings. The molecule has 0 radical (unpaired) electrons. The molecule has 2 heterocycles. The highest BCUT2D eigenvalue weighted by Gasteiger charge is 2.38. The number of aromatic amines is 1. The Morgan fingerprint density at radius 2 is 1.81 bits per heavy atom. The highest BCUT2D eigenvalue weighted by Crippen LogP contribution is 2.30. The number of hydrogen-bond acceptors (Lipinski definition) is 5. The van der Waals surface area contributed by atoms with Gasteiger partial charge in [-0.15, -0.1) is 0 Å². The van der Waals surface area contributed by atoms with Crippen molar-refractivity contribution in [3.63, 3.8) is 0 Å². The lowest BCUT2D eigenvalue weighted by atomic mass is 10.0. The number of aromatic nitrogens is 2. The second-order valence-corrected chi connectivity index (χ2v) is 7.40. The van der Waals surface area contributed by atoms with Crippen molar-refractivity contribution in [2.45, 2.75) is 31.8 Å². The maximum absolute atomic E-state index is 14.4.